The molecule has 0 N–H and O–H groups in total. The average molecular weight is 744 g/mol. The van der Waals surface area contributed by atoms with Gasteiger partial charge in [-0.25, -0.2) is 0 Å². The van der Waals surface area contributed by atoms with E-state index in [-0.39, 0.29) is 0 Å². The van der Waals surface area contributed by atoms with Gasteiger partial charge >= 0.3 is 0 Å². The highest BCUT2D eigenvalue weighted by Crippen LogP contribution is 2.67. The third-order valence-corrected chi connectivity index (χ3v) is 18.2. The largest absolute Gasteiger partial charge is 0.252 e. The van der Waals surface area contributed by atoms with Crippen LogP contribution in [0.5, 0.6) is 0 Å². The molecule has 7 aromatic carbocycles. The van der Waals surface area contributed by atoms with Crippen LogP contribution >= 0.6 is 10.0 Å². The summed E-state index contributed by atoms with van der Waals surface area (Å²) in [6.45, 7) is 11.6. The molecule has 55 heavy (non-hydrogen) atoms. The zero-order valence-corrected chi connectivity index (χ0v) is 34.0. The first-order valence-corrected chi connectivity index (χ1v) is 24.5. The standard InChI is InChI=1S/C52H45NSSi/c1-35(37-16-10-7-11-17-37)30-48(43-23-27-50-45(34-43)44-32-41(38-18-12-8-13-19-38)22-26-49(44)54(50,3)4)53-36(2)40-24-28-51-46(31-40)47-33-42(39-20-14-9-15-21-39)25-29-52(47)55(51,5)6/h7-34H,1H2,2-6H3/b48-30-,53-36+. The molecule has 1 nitrogen and oxygen atoms in total. The number of benzene rings is 7. The van der Waals surface area contributed by atoms with Gasteiger partial charge < -0.3 is 0 Å². The molecule has 0 saturated carbocycles. The van der Waals surface area contributed by atoms with Crippen LogP contribution in [0.25, 0.3) is 55.8 Å². The summed E-state index contributed by atoms with van der Waals surface area (Å²) in [5, 5.41) is 3.00. The first-order chi connectivity index (χ1) is 26.6. The molecule has 0 bridgehead atoms. The quantitative estimate of drug-likeness (QED) is 0.0876. The molecule has 3 heteroatoms. The molecule has 0 fully saturated rings. The van der Waals surface area contributed by atoms with Gasteiger partial charge in [0.15, 0.2) is 0 Å². The second kappa shape index (κ2) is 13.5. The molecule has 0 aliphatic carbocycles. The minimum absolute atomic E-state index is 0.914. The van der Waals surface area contributed by atoms with Crippen LogP contribution in [0.4, 0.5) is 0 Å². The van der Waals surface area contributed by atoms with E-state index in [0.29, 0.717) is 0 Å². The van der Waals surface area contributed by atoms with Gasteiger partial charge in [0, 0.05) is 21.1 Å². The molecule has 0 atom stereocenters. The highest BCUT2D eigenvalue weighted by molar-refractivity contribution is 8.33. The van der Waals surface area contributed by atoms with Crippen molar-refractivity contribution in [1.29, 1.82) is 0 Å². The lowest BCUT2D eigenvalue weighted by atomic mass is 9.96. The van der Waals surface area contributed by atoms with Gasteiger partial charge in [0.05, 0.1) is 5.70 Å². The van der Waals surface area contributed by atoms with Crippen LogP contribution in [0.15, 0.2) is 191 Å². The van der Waals surface area contributed by atoms with E-state index in [4.69, 9.17) is 4.99 Å². The third kappa shape index (κ3) is 6.09. The van der Waals surface area contributed by atoms with E-state index in [9.17, 15) is 0 Å². The van der Waals surface area contributed by atoms with Gasteiger partial charge in [0.2, 0.25) is 0 Å². The van der Waals surface area contributed by atoms with E-state index >= 15 is 0 Å². The molecule has 0 aromatic heterocycles. The van der Waals surface area contributed by atoms with Crippen molar-refractivity contribution in [2.45, 2.75) is 29.8 Å². The molecular weight excluding hydrogens is 699 g/mol. The molecule has 2 heterocycles. The number of fused-ring (bicyclic) bond motifs is 6. The second-order valence-corrected chi connectivity index (χ2v) is 23.6. The second-order valence-electron chi connectivity index (χ2n) is 15.7. The van der Waals surface area contributed by atoms with Crippen LogP contribution in [-0.4, -0.2) is 26.3 Å². The maximum atomic E-state index is 5.48. The van der Waals surface area contributed by atoms with Crippen molar-refractivity contribution >= 4 is 45.5 Å². The Kier molecular flexibility index (Phi) is 8.61. The van der Waals surface area contributed by atoms with Gasteiger partial charge in [-0.15, -0.1) is 0 Å². The van der Waals surface area contributed by atoms with Gasteiger partial charge in [-0.05, 0) is 133 Å². The summed E-state index contributed by atoms with van der Waals surface area (Å²) in [7, 11) is -3.01. The Labute approximate surface area is 328 Å². The van der Waals surface area contributed by atoms with Gasteiger partial charge in [-0.3, -0.25) is 4.99 Å². The smallest absolute Gasteiger partial charge is 0.113 e. The van der Waals surface area contributed by atoms with Crippen molar-refractivity contribution in [3.63, 3.8) is 0 Å². The number of aliphatic imine (C=N–C) groups is 1. The SMILES string of the molecule is C=C(/C=C(\N=C(/C)c1ccc2c(c1)-c1cc(-c3ccccc3)ccc1[Si]2(C)C)c1ccc2c(c1)-c1cc(-c3ccccc3)ccc1S2(C)C)c1ccccc1. The Morgan fingerprint density at radius 2 is 0.982 bits per heavy atom. The fourth-order valence-electron chi connectivity index (χ4n) is 8.59. The monoisotopic (exact) mass is 743 g/mol. The van der Waals surface area contributed by atoms with Crippen molar-refractivity contribution in [3.05, 3.63) is 193 Å². The number of rotatable bonds is 7. The van der Waals surface area contributed by atoms with Crippen molar-refractivity contribution in [2.75, 3.05) is 12.5 Å². The van der Waals surface area contributed by atoms with Gasteiger partial charge in [0.1, 0.15) is 8.07 Å². The maximum absolute atomic E-state index is 5.48. The Bertz CT molecular complexity index is 2700. The summed E-state index contributed by atoms with van der Waals surface area (Å²) < 4.78 is 0. The predicted molar refractivity (Wildman–Crippen MR) is 243 cm³/mol. The maximum Gasteiger partial charge on any atom is 0.113 e. The van der Waals surface area contributed by atoms with Crippen molar-refractivity contribution in [2.24, 2.45) is 4.99 Å². The zero-order valence-electron chi connectivity index (χ0n) is 32.2. The highest BCUT2D eigenvalue weighted by Gasteiger charge is 2.38. The van der Waals surface area contributed by atoms with E-state index in [2.05, 4.69) is 203 Å². The van der Waals surface area contributed by atoms with Crippen LogP contribution in [0.3, 0.4) is 0 Å². The number of allylic oxidation sites excluding steroid dienone is 2. The molecule has 268 valence electrons. The normalized spacial score (nSPS) is 15.4. The molecule has 2 aliphatic heterocycles. The predicted octanol–water partition coefficient (Wildman–Crippen LogP) is 12.8. The van der Waals surface area contributed by atoms with Gasteiger partial charge in [-0.1, -0.05) is 147 Å². The lowest BCUT2D eigenvalue weighted by molar-refractivity contribution is 1.40. The zero-order chi connectivity index (χ0) is 37.9. The Morgan fingerprint density at radius 1 is 0.509 bits per heavy atom. The fourth-order valence-corrected chi connectivity index (χ4v) is 14.1. The van der Waals surface area contributed by atoms with Crippen LogP contribution < -0.4 is 10.4 Å². The lowest BCUT2D eigenvalue weighted by Crippen LogP contribution is -2.49. The Morgan fingerprint density at radius 3 is 1.62 bits per heavy atom. The average Bonchev–Trinajstić information content (AvgIpc) is 3.59. The number of nitrogens with zero attached hydrogens (tertiary/aromatic N) is 1. The highest BCUT2D eigenvalue weighted by atomic mass is 32.3. The van der Waals surface area contributed by atoms with Crippen molar-refractivity contribution in [1.82, 2.24) is 0 Å². The summed E-state index contributed by atoms with van der Waals surface area (Å²) >= 11 is 0. The molecule has 9 rings (SSSR count). The molecule has 0 amide bonds. The van der Waals surface area contributed by atoms with Gasteiger partial charge in [0.25, 0.3) is 0 Å². The minimum Gasteiger partial charge on any atom is -0.252 e. The lowest BCUT2D eigenvalue weighted by Gasteiger charge is -2.28. The summed E-state index contributed by atoms with van der Waals surface area (Å²) in [6.07, 6.45) is 7.02. The molecule has 0 radical (unpaired) electrons. The molecule has 0 spiro atoms. The first-order valence-electron chi connectivity index (χ1n) is 19.0. The molecule has 0 saturated heterocycles. The molecule has 7 aromatic rings. The van der Waals surface area contributed by atoms with Crippen LogP contribution in [-0.2, 0) is 0 Å². The van der Waals surface area contributed by atoms with Crippen molar-refractivity contribution < 1.29 is 0 Å². The van der Waals surface area contributed by atoms with E-state index in [1.54, 1.807) is 0 Å². The molecule has 0 unspecified atom stereocenters. The van der Waals surface area contributed by atoms with E-state index in [1.165, 1.54) is 64.7 Å². The summed E-state index contributed by atoms with van der Waals surface area (Å²) in [5.74, 6) is 0. The minimum atomic E-state index is -1.84. The number of hydrogen-bond acceptors (Lipinski definition) is 1. The third-order valence-electron chi connectivity index (χ3n) is 11.7. The van der Waals surface area contributed by atoms with Crippen LogP contribution in [0, 0.1) is 0 Å². The molecular formula is C52H45NSSi. The van der Waals surface area contributed by atoms with E-state index < -0.39 is 18.1 Å². The van der Waals surface area contributed by atoms with Gasteiger partial charge in [-0.2, -0.15) is 10.0 Å². The molecule has 2 aliphatic rings. The van der Waals surface area contributed by atoms with Crippen molar-refractivity contribution in [3.8, 4) is 44.5 Å². The topological polar surface area (TPSA) is 12.4 Å². The number of hydrogen-bond donors (Lipinski definition) is 0. The summed E-state index contributed by atoms with van der Waals surface area (Å²) in [6, 6.07) is 60.1. The summed E-state index contributed by atoms with van der Waals surface area (Å²) in [4.78, 5) is 8.35. The Hall–Kier alpha value is -5.74. The fraction of sp³-hybridized carbons (Fsp3) is 0.0962. The van der Waals surface area contributed by atoms with Crippen LogP contribution in [0.1, 0.15) is 23.6 Å². The Balaban J connectivity index is 1.16. The van der Waals surface area contributed by atoms with E-state index in [0.717, 1.165) is 33.7 Å². The summed E-state index contributed by atoms with van der Waals surface area (Å²) in [5.41, 5.74) is 16.5. The van der Waals surface area contributed by atoms with E-state index in [1.807, 2.05) is 6.07 Å². The first kappa shape index (κ1) is 35.0. The van der Waals surface area contributed by atoms with Crippen LogP contribution in [0.2, 0.25) is 13.1 Å².